The van der Waals surface area contributed by atoms with Crippen molar-refractivity contribution in [3.63, 3.8) is 0 Å². The quantitative estimate of drug-likeness (QED) is 0.406. The molecule has 0 bridgehead atoms. The van der Waals surface area contributed by atoms with E-state index in [0.29, 0.717) is 5.57 Å². The van der Waals surface area contributed by atoms with Crippen LogP contribution in [0.3, 0.4) is 0 Å². The second kappa shape index (κ2) is 3.70. The van der Waals surface area contributed by atoms with E-state index in [-0.39, 0.29) is 23.9 Å². The Kier molecular flexibility index (Phi) is 2.46. The first-order valence-electron chi connectivity index (χ1n) is 6.71. The van der Waals surface area contributed by atoms with Crippen LogP contribution in [0.4, 0.5) is 0 Å². The molecule has 2 fully saturated rings. The first kappa shape index (κ1) is 12.0. The first-order valence-corrected chi connectivity index (χ1v) is 6.71. The van der Waals surface area contributed by atoms with Gasteiger partial charge in [0.2, 0.25) is 0 Å². The Morgan fingerprint density at radius 1 is 1.50 bits per heavy atom. The molecule has 0 aromatic heterocycles. The van der Waals surface area contributed by atoms with Gasteiger partial charge in [-0.15, -0.1) is 0 Å². The van der Waals surface area contributed by atoms with Crippen LogP contribution in [0, 0.1) is 11.8 Å². The monoisotopic (exact) mass is 248 g/mol. The van der Waals surface area contributed by atoms with Crippen molar-refractivity contribution in [1.82, 2.24) is 0 Å². The molecular weight excluding hydrogens is 228 g/mol. The molecule has 0 amide bonds. The van der Waals surface area contributed by atoms with Gasteiger partial charge in [0.05, 0.1) is 5.60 Å². The zero-order valence-corrected chi connectivity index (χ0v) is 11.0. The van der Waals surface area contributed by atoms with Crippen LogP contribution in [0.5, 0.6) is 0 Å². The molecule has 18 heavy (non-hydrogen) atoms. The van der Waals surface area contributed by atoms with E-state index < -0.39 is 5.60 Å². The summed E-state index contributed by atoms with van der Waals surface area (Å²) in [6.07, 6.45) is 3.34. The molecule has 4 atom stereocenters. The van der Waals surface area contributed by atoms with Gasteiger partial charge in [-0.3, -0.25) is 0 Å². The molecule has 3 aliphatic rings. The highest BCUT2D eigenvalue weighted by Gasteiger charge is 2.49. The van der Waals surface area contributed by atoms with Gasteiger partial charge in [-0.2, -0.15) is 0 Å². The Labute approximate surface area is 108 Å². The fourth-order valence-corrected chi connectivity index (χ4v) is 3.85. The van der Waals surface area contributed by atoms with E-state index in [2.05, 4.69) is 13.5 Å². The smallest absolute Gasteiger partial charge is 0.334 e. The molecule has 1 heterocycles. The van der Waals surface area contributed by atoms with E-state index in [9.17, 15) is 9.90 Å². The van der Waals surface area contributed by atoms with E-state index >= 15 is 0 Å². The summed E-state index contributed by atoms with van der Waals surface area (Å²) in [5.41, 5.74) is 2.64. The van der Waals surface area contributed by atoms with Crippen molar-refractivity contribution in [2.45, 2.75) is 51.2 Å². The molecule has 3 nitrogen and oxygen atoms in total. The third-order valence-corrected chi connectivity index (χ3v) is 5.03. The van der Waals surface area contributed by atoms with Crippen molar-refractivity contribution >= 4 is 5.97 Å². The highest BCUT2D eigenvalue weighted by Crippen LogP contribution is 2.50. The topological polar surface area (TPSA) is 46.5 Å². The fourth-order valence-electron chi connectivity index (χ4n) is 3.85. The second-order valence-corrected chi connectivity index (χ2v) is 6.23. The fraction of sp³-hybridized carbons (Fsp3) is 0.667. The molecule has 1 saturated carbocycles. The summed E-state index contributed by atoms with van der Waals surface area (Å²) in [5.74, 6) is -0.00263. The molecular formula is C15H20O3. The Morgan fingerprint density at radius 3 is 2.94 bits per heavy atom. The molecule has 0 aromatic rings. The summed E-state index contributed by atoms with van der Waals surface area (Å²) in [6.45, 7) is 7.90. The molecule has 0 aromatic carbocycles. The molecule has 1 unspecified atom stereocenters. The van der Waals surface area contributed by atoms with E-state index in [1.807, 2.05) is 6.92 Å². The number of hydrogen-bond acceptors (Lipinski definition) is 3. The number of ether oxygens (including phenoxy) is 1. The summed E-state index contributed by atoms with van der Waals surface area (Å²) in [7, 11) is 0. The summed E-state index contributed by atoms with van der Waals surface area (Å²) in [5, 5.41) is 10.5. The maximum Gasteiger partial charge on any atom is 0.334 e. The molecule has 2 aliphatic carbocycles. The summed E-state index contributed by atoms with van der Waals surface area (Å²) in [6, 6.07) is 0. The van der Waals surface area contributed by atoms with Crippen molar-refractivity contribution < 1.29 is 14.6 Å². The molecule has 1 saturated heterocycles. The lowest BCUT2D eigenvalue weighted by Crippen LogP contribution is -2.31. The highest BCUT2D eigenvalue weighted by molar-refractivity contribution is 5.90. The van der Waals surface area contributed by atoms with Gasteiger partial charge in [0.25, 0.3) is 0 Å². The van der Waals surface area contributed by atoms with Gasteiger partial charge in [0, 0.05) is 23.8 Å². The number of esters is 1. The number of rotatable bonds is 0. The van der Waals surface area contributed by atoms with Crippen LogP contribution >= 0.6 is 0 Å². The second-order valence-electron chi connectivity index (χ2n) is 6.23. The van der Waals surface area contributed by atoms with E-state index in [4.69, 9.17) is 4.74 Å². The number of aliphatic hydroxyl groups is 1. The maximum absolute atomic E-state index is 11.6. The lowest BCUT2D eigenvalue weighted by molar-refractivity contribution is -0.139. The van der Waals surface area contributed by atoms with Crippen LogP contribution in [0.1, 0.15) is 39.5 Å². The zero-order chi connectivity index (χ0) is 13.1. The van der Waals surface area contributed by atoms with E-state index in [1.54, 1.807) is 0 Å². The Bertz CT molecular complexity index is 458. The molecule has 3 rings (SSSR count). The summed E-state index contributed by atoms with van der Waals surface area (Å²) >= 11 is 0. The van der Waals surface area contributed by atoms with Gasteiger partial charge in [-0.05, 0) is 33.1 Å². The van der Waals surface area contributed by atoms with Crippen molar-refractivity contribution in [2.24, 2.45) is 11.8 Å². The number of carbonyl (C=O) groups is 1. The SMILES string of the molecule is C=C1C(=O)O[C@@H]2CC(C)=C3CC[C@@](C)(O)C3C[C@H]12. The third-order valence-electron chi connectivity index (χ3n) is 5.03. The number of fused-ring (bicyclic) bond motifs is 2. The summed E-state index contributed by atoms with van der Waals surface area (Å²) < 4.78 is 5.41. The zero-order valence-electron chi connectivity index (χ0n) is 11.0. The Balaban J connectivity index is 1.99. The van der Waals surface area contributed by atoms with E-state index in [0.717, 1.165) is 25.7 Å². The van der Waals surface area contributed by atoms with Crippen molar-refractivity contribution in [3.05, 3.63) is 23.3 Å². The van der Waals surface area contributed by atoms with Crippen molar-refractivity contribution in [3.8, 4) is 0 Å². The first-order chi connectivity index (χ1) is 8.40. The summed E-state index contributed by atoms with van der Waals surface area (Å²) in [4.78, 5) is 11.6. The Morgan fingerprint density at radius 2 is 2.22 bits per heavy atom. The standard InChI is InChI=1S/C15H20O3/c1-8-6-13-11(9(2)14(16)18-13)7-12-10(8)4-5-15(12,3)17/h11-13,17H,2,4-7H2,1,3H3/t11-,12?,13-,15-/m1/s1. The normalized spacial score (nSPS) is 43.6. The van der Waals surface area contributed by atoms with Crippen LogP contribution in [-0.4, -0.2) is 22.8 Å². The van der Waals surface area contributed by atoms with Crippen molar-refractivity contribution in [1.29, 1.82) is 0 Å². The lowest BCUT2D eigenvalue weighted by Gasteiger charge is -2.28. The maximum atomic E-state index is 11.6. The molecule has 98 valence electrons. The van der Waals surface area contributed by atoms with Crippen LogP contribution in [0.15, 0.2) is 23.3 Å². The van der Waals surface area contributed by atoms with Gasteiger partial charge in [0.1, 0.15) is 6.10 Å². The minimum atomic E-state index is -0.641. The van der Waals surface area contributed by atoms with Crippen molar-refractivity contribution in [2.75, 3.05) is 0 Å². The number of carbonyl (C=O) groups excluding carboxylic acids is 1. The van der Waals surface area contributed by atoms with Gasteiger partial charge >= 0.3 is 5.97 Å². The third kappa shape index (κ3) is 1.57. The minimum Gasteiger partial charge on any atom is -0.458 e. The van der Waals surface area contributed by atoms with Gasteiger partial charge in [-0.25, -0.2) is 4.79 Å². The van der Waals surface area contributed by atoms with Gasteiger partial charge < -0.3 is 9.84 Å². The average Bonchev–Trinajstić information content (AvgIpc) is 2.65. The molecule has 0 radical (unpaired) electrons. The highest BCUT2D eigenvalue weighted by atomic mass is 16.6. The van der Waals surface area contributed by atoms with Crippen LogP contribution < -0.4 is 0 Å². The molecule has 3 heteroatoms. The lowest BCUT2D eigenvalue weighted by atomic mass is 9.81. The van der Waals surface area contributed by atoms with Crippen LogP contribution in [0.25, 0.3) is 0 Å². The Hall–Kier alpha value is -1.09. The van der Waals surface area contributed by atoms with Crippen LogP contribution in [0.2, 0.25) is 0 Å². The van der Waals surface area contributed by atoms with E-state index in [1.165, 1.54) is 11.1 Å². The average molecular weight is 248 g/mol. The molecule has 1 N–H and O–H groups in total. The molecule has 1 aliphatic heterocycles. The largest absolute Gasteiger partial charge is 0.458 e. The predicted octanol–water partition coefficient (Wildman–Crippen LogP) is 2.36. The molecule has 0 spiro atoms. The number of hydrogen-bond donors (Lipinski definition) is 1. The van der Waals surface area contributed by atoms with Gasteiger partial charge in [-0.1, -0.05) is 17.7 Å². The van der Waals surface area contributed by atoms with Gasteiger partial charge in [0.15, 0.2) is 0 Å². The minimum absolute atomic E-state index is 0.0566. The predicted molar refractivity (Wildman–Crippen MR) is 67.8 cm³/mol. The van der Waals surface area contributed by atoms with Crippen LogP contribution in [-0.2, 0) is 9.53 Å².